The molecule has 0 saturated carbocycles. The van der Waals surface area contributed by atoms with Crippen molar-refractivity contribution in [3.05, 3.63) is 12.2 Å². The van der Waals surface area contributed by atoms with E-state index in [0.29, 0.717) is 6.54 Å². The molecule has 1 unspecified atom stereocenters. The second-order valence-electron chi connectivity index (χ2n) is 5.98. The van der Waals surface area contributed by atoms with Gasteiger partial charge in [0.2, 0.25) is 0 Å². The molecule has 8 heteroatoms. The Labute approximate surface area is 162 Å². The van der Waals surface area contributed by atoms with Crippen molar-refractivity contribution in [1.29, 1.82) is 0 Å². The van der Waals surface area contributed by atoms with Crippen LogP contribution in [0.2, 0.25) is 0 Å². The summed E-state index contributed by atoms with van der Waals surface area (Å²) in [7, 11) is 1.80. The highest BCUT2D eigenvalue weighted by molar-refractivity contribution is 14.0. The molecule has 1 fully saturated rings. The van der Waals surface area contributed by atoms with E-state index in [-0.39, 0.29) is 24.0 Å². The Morgan fingerprint density at radius 2 is 2.17 bits per heavy atom. The number of halogens is 1. The van der Waals surface area contributed by atoms with E-state index in [9.17, 15) is 0 Å². The molecule has 1 saturated heterocycles. The maximum atomic E-state index is 4.28. The van der Waals surface area contributed by atoms with Gasteiger partial charge in [-0.1, -0.05) is 13.3 Å². The first-order valence-corrected chi connectivity index (χ1v) is 8.83. The topological polar surface area (TPSA) is 70.4 Å². The molecule has 0 aromatic carbocycles. The van der Waals surface area contributed by atoms with Crippen molar-refractivity contribution in [3.63, 3.8) is 0 Å². The fraction of sp³-hybridized carbons (Fsp3) is 0.812. The van der Waals surface area contributed by atoms with E-state index < -0.39 is 0 Å². The lowest BCUT2D eigenvalue weighted by Crippen LogP contribution is -2.45. The molecule has 1 aliphatic rings. The molecule has 2 heterocycles. The van der Waals surface area contributed by atoms with Crippen LogP contribution in [0.25, 0.3) is 0 Å². The van der Waals surface area contributed by atoms with Gasteiger partial charge >= 0.3 is 0 Å². The molecule has 0 aliphatic carbocycles. The number of aryl methyl sites for hydroxylation is 1. The third kappa shape index (κ3) is 6.19. The third-order valence-corrected chi connectivity index (χ3v) is 4.59. The average Bonchev–Trinajstić information content (AvgIpc) is 3.05. The molecule has 138 valence electrons. The zero-order valence-electron chi connectivity index (χ0n) is 15.2. The van der Waals surface area contributed by atoms with E-state index in [4.69, 9.17) is 0 Å². The van der Waals surface area contributed by atoms with Crippen LogP contribution in [-0.4, -0.2) is 58.3 Å². The molecule has 24 heavy (non-hydrogen) atoms. The molecule has 1 aliphatic heterocycles. The number of likely N-dealkylation sites (tertiary alicyclic amines) is 1. The van der Waals surface area contributed by atoms with Gasteiger partial charge in [0.15, 0.2) is 11.8 Å². The SMILES string of the molecule is CCC1CCCCN1CCNC(=NC)NCc1nncn1CC.I. The zero-order chi connectivity index (χ0) is 16.5. The summed E-state index contributed by atoms with van der Waals surface area (Å²) < 4.78 is 2.03. The van der Waals surface area contributed by atoms with Gasteiger partial charge in [-0.2, -0.15) is 0 Å². The van der Waals surface area contributed by atoms with Crippen molar-refractivity contribution in [2.45, 2.75) is 58.7 Å². The van der Waals surface area contributed by atoms with Gasteiger partial charge in [-0.25, -0.2) is 0 Å². The first kappa shape index (κ1) is 21.1. The number of aromatic nitrogens is 3. The van der Waals surface area contributed by atoms with Crippen LogP contribution in [0.3, 0.4) is 0 Å². The molecule has 0 spiro atoms. The monoisotopic (exact) mass is 449 g/mol. The summed E-state index contributed by atoms with van der Waals surface area (Å²) in [6, 6.07) is 0.753. The Balaban J connectivity index is 0.00000288. The molecular formula is C16H32IN7. The maximum Gasteiger partial charge on any atom is 0.191 e. The lowest BCUT2D eigenvalue weighted by molar-refractivity contribution is 0.147. The van der Waals surface area contributed by atoms with Gasteiger partial charge in [0.05, 0.1) is 6.54 Å². The van der Waals surface area contributed by atoms with Crippen LogP contribution in [0.1, 0.15) is 45.4 Å². The van der Waals surface area contributed by atoms with Crippen molar-refractivity contribution in [3.8, 4) is 0 Å². The Morgan fingerprint density at radius 3 is 2.88 bits per heavy atom. The molecule has 0 bridgehead atoms. The van der Waals surface area contributed by atoms with E-state index in [2.05, 4.69) is 44.6 Å². The van der Waals surface area contributed by atoms with Gasteiger partial charge in [-0.3, -0.25) is 9.89 Å². The van der Waals surface area contributed by atoms with Crippen molar-refractivity contribution in [2.24, 2.45) is 4.99 Å². The molecule has 1 aromatic heterocycles. The smallest absolute Gasteiger partial charge is 0.191 e. The molecule has 0 radical (unpaired) electrons. The highest BCUT2D eigenvalue weighted by Crippen LogP contribution is 2.18. The fourth-order valence-electron chi connectivity index (χ4n) is 3.20. The van der Waals surface area contributed by atoms with Crippen LogP contribution in [0.4, 0.5) is 0 Å². The number of rotatable bonds is 7. The Hall–Kier alpha value is -0.900. The fourth-order valence-corrected chi connectivity index (χ4v) is 3.20. The summed E-state index contributed by atoms with van der Waals surface area (Å²) in [5.41, 5.74) is 0. The highest BCUT2D eigenvalue weighted by atomic mass is 127. The molecule has 2 rings (SSSR count). The Morgan fingerprint density at radius 1 is 1.33 bits per heavy atom. The van der Waals surface area contributed by atoms with Crippen LogP contribution in [0.15, 0.2) is 11.3 Å². The summed E-state index contributed by atoms with van der Waals surface area (Å²) >= 11 is 0. The predicted octanol–water partition coefficient (Wildman–Crippen LogP) is 1.85. The number of piperidine rings is 1. The van der Waals surface area contributed by atoms with E-state index >= 15 is 0 Å². The second kappa shape index (κ2) is 11.6. The van der Waals surface area contributed by atoms with Crippen LogP contribution in [-0.2, 0) is 13.1 Å². The average molecular weight is 449 g/mol. The number of nitrogens with one attached hydrogen (secondary N) is 2. The predicted molar refractivity (Wildman–Crippen MR) is 109 cm³/mol. The second-order valence-corrected chi connectivity index (χ2v) is 5.98. The first-order valence-electron chi connectivity index (χ1n) is 8.83. The number of nitrogens with zero attached hydrogens (tertiary/aromatic N) is 5. The highest BCUT2D eigenvalue weighted by Gasteiger charge is 2.19. The number of hydrogen-bond acceptors (Lipinski definition) is 4. The molecule has 0 amide bonds. The van der Waals surface area contributed by atoms with Crippen molar-refractivity contribution >= 4 is 29.9 Å². The molecule has 2 N–H and O–H groups in total. The summed E-state index contributed by atoms with van der Waals surface area (Å²) in [6.07, 6.45) is 7.06. The van der Waals surface area contributed by atoms with Crippen LogP contribution < -0.4 is 10.6 Å². The summed E-state index contributed by atoms with van der Waals surface area (Å²) in [6.45, 7) is 9.11. The van der Waals surface area contributed by atoms with E-state index in [0.717, 1.165) is 37.5 Å². The van der Waals surface area contributed by atoms with Gasteiger partial charge in [-0.05, 0) is 32.7 Å². The lowest BCUT2D eigenvalue weighted by atomic mass is 10.0. The number of aliphatic imine (C=N–C) groups is 1. The quantitative estimate of drug-likeness (QED) is 0.378. The van der Waals surface area contributed by atoms with Crippen LogP contribution in [0, 0.1) is 0 Å². The normalized spacial score (nSPS) is 19.0. The maximum absolute atomic E-state index is 4.28. The van der Waals surface area contributed by atoms with Crippen LogP contribution in [0.5, 0.6) is 0 Å². The lowest BCUT2D eigenvalue weighted by Gasteiger charge is -2.35. The Bertz CT molecular complexity index is 489. The van der Waals surface area contributed by atoms with E-state index in [1.54, 1.807) is 13.4 Å². The third-order valence-electron chi connectivity index (χ3n) is 4.59. The van der Waals surface area contributed by atoms with Gasteiger partial charge in [0, 0.05) is 32.7 Å². The van der Waals surface area contributed by atoms with Gasteiger partial charge in [0.1, 0.15) is 6.33 Å². The van der Waals surface area contributed by atoms with Crippen molar-refractivity contribution in [1.82, 2.24) is 30.3 Å². The molecular weight excluding hydrogens is 417 g/mol. The number of guanidine groups is 1. The van der Waals surface area contributed by atoms with Gasteiger partial charge in [0.25, 0.3) is 0 Å². The number of hydrogen-bond donors (Lipinski definition) is 2. The Kier molecular flexibility index (Phi) is 10.2. The summed E-state index contributed by atoms with van der Waals surface area (Å²) in [4.78, 5) is 6.89. The van der Waals surface area contributed by atoms with Crippen LogP contribution >= 0.6 is 24.0 Å². The van der Waals surface area contributed by atoms with Gasteiger partial charge < -0.3 is 15.2 Å². The summed E-state index contributed by atoms with van der Waals surface area (Å²) in [5, 5.41) is 14.8. The summed E-state index contributed by atoms with van der Waals surface area (Å²) in [5.74, 6) is 1.75. The molecule has 1 atom stereocenters. The standard InChI is InChI=1S/C16H31N7.HI/c1-4-14-8-6-7-10-23(14)11-9-18-16(17-3)19-12-15-21-20-13-22(15)5-2;/h13-14H,4-12H2,1-3H3,(H2,17,18,19);1H. The largest absolute Gasteiger partial charge is 0.355 e. The zero-order valence-corrected chi connectivity index (χ0v) is 17.5. The van der Waals surface area contributed by atoms with E-state index in [1.165, 1.54) is 32.2 Å². The molecule has 7 nitrogen and oxygen atoms in total. The minimum atomic E-state index is 0. The minimum Gasteiger partial charge on any atom is -0.355 e. The minimum absolute atomic E-state index is 0. The van der Waals surface area contributed by atoms with Crippen molar-refractivity contribution in [2.75, 3.05) is 26.7 Å². The van der Waals surface area contributed by atoms with Crippen molar-refractivity contribution < 1.29 is 0 Å². The first-order chi connectivity index (χ1) is 11.3. The van der Waals surface area contributed by atoms with Gasteiger partial charge in [-0.15, -0.1) is 34.2 Å². The molecule has 1 aromatic rings. The van der Waals surface area contributed by atoms with E-state index in [1.807, 2.05) is 4.57 Å².